The molecule has 0 amide bonds. The fourth-order valence-corrected chi connectivity index (χ4v) is 2.16. The van der Waals surface area contributed by atoms with Gasteiger partial charge in [0.25, 0.3) is 6.47 Å². The SMILES string of the molecule is CC(C)(C)CC(C)(OC(=O)CC(O)COC=O)C(C)(C)C. The van der Waals surface area contributed by atoms with Gasteiger partial charge in [0.1, 0.15) is 12.2 Å². The van der Waals surface area contributed by atoms with Crippen LogP contribution in [0.25, 0.3) is 0 Å². The molecule has 0 saturated heterocycles. The molecule has 0 aliphatic rings. The molecule has 21 heavy (non-hydrogen) atoms. The van der Waals surface area contributed by atoms with E-state index in [1.807, 2.05) is 27.7 Å². The standard InChI is InChI=1S/C16H30O5/c1-14(2,3)10-16(7,15(4,5)6)21-13(19)8-12(18)9-20-11-17/h11-12,18H,8-10H2,1-7H3. The molecule has 0 aromatic rings. The van der Waals surface area contributed by atoms with E-state index in [1.54, 1.807) is 0 Å². The number of hydrogen-bond acceptors (Lipinski definition) is 5. The predicted molar refractivity (Wildman–Crippen MR) is 80.7 cm³/mol. The second-order valence-corrected chi connectivity index (χ2v) is 7.98. The van der Waals surface area contributed by atoms with Gasteiger partial charge in [0, 0.05) is 5.41 Å². The van der Waals surface area contributed by atoms with Crippen molar-refractivity contribution in [3.8, 4) is 0 Å². The monoisotopic (exact) mass is 302 g/mol. The molecular weight excluding hydrogens is 272 g/mol. The molecule has 5 nitrogen and oxygen atoms in total. The van der Waals surface area contributed by atoms with Crippen molar-refractivity contribution in [1.29, 1.82) is 0 Å². The summed E-state index contributed by atoms with van der Waals surface area (Å²) >= 11 is 0. The van der Waals surface area contributed by atoms with Gasteiger partial charge in [-0.3, -0.25) is 9.59 Å². The molecule has 0 rings (SSSR count). The summed E-state index contributed by atoms with van der Waals surface area (Å²) in [5.41, 5.74) is -0.880. The third-order valence-electron chi connectivity index (χ3n) is 3.55. The maximum absolute atomic E-state index is 12.0. The Bertz CT molecular complexity index is 351. The summed E-state index contributed by atoms with van der Waals surface area (Å²) < 4.78 is 10.1. The number of aliphatic hydroxyl groups is 1. The second-order valence-electron chi connectivity index (χ2n) is 7.98. The lowest BCUT2D eigenvalue weighted by Gasteiger charge is -2.44. The molecule has 0 aliphatic carbocycles. The van der Waals surface area contributed by atoms with Crippen LogP contribution in [0.2, 0.25) is 0 Å². The molecule has 1 N–H and O–H groups in total. The molecule has 0 aromatic carbocycles. The van der Waals surface area contributed by atoms with Gasteiger partial charge in [-0.1, -0.05) is 41.5 Å². The number of carbonyl (C=O) groups excluding carboxylic acids is 2. The molecule has 124 valence electrons. The molecule has 0 fully saturated rings. The number of esters is 1. The smallest absolute Gasteiger partial charge is 0.309 e. The lowest BCUT2D eigenvalue weighted by molar-refractivity contribution is -0.178. The van der Waals surface area contributed by atoms with Crippen molar-refractivity contribution >= 4 is 12.4 Å². The van der Waals surface area contributed by atoms with Crippen LogP contribution in [0, 0.1) is 10.8 Å². The van der Waals surface area contributed by atoms with Crippen LogP contribution in [0.1, 0.15) is 61.3 Å². The van der Waals surface area contributed by atoms with Crippen molar-refractivity contribution in [2.24, 2.45) is 10.8 Å². The van der Waals surface area contributed by atoms with Gasteiger partial charge in [0.15, 0.2) is 0 Å². The van der Waals surface area contributed by atoms with Gasteiger partial charge < -0.3 is 14.6 Å². The normalized spacial score (nSPS) is 16.8. The number of hydrogen-bond donors (Lipinski definition) is 1. The Balaban J connectivity index is 4.83. The Kier molecular flexibility index (Phi) is 6.87. The molecule has 0 radical (unpaired) electrons. The van der Waals surface area contributed by atoms with Gasteiger partial charge in [0.2, 0.25) is 0 Å². The summed E-state index contributed by atoms with van der Waals surface area (Å²) in [5.74, 6) is -0.487. The first-order valence-electron chi connectivity index (χ1n) is 7.26. The molecule has 0 aliphatic heterocycles. The van der Waals surface area contributed by atoms with Crippen molar-refractivity contribution in [3.63, 3.8) is 0 Å². The van der Waals surface area contributed by atoms with Gasteiger partial charge in [0.05, 0.1) is 12.5 Å². The van der Waals surface area contributed by atoms with Crippen LogP contribution in [-0.4, -0.2) is 35.9 Å². The summed E-state index contributed by atoms with van der Waals surface area (Å²) in [5, 5.41) is 9.60. The molecular formula is C16H30O5. The van der Waals surface area contributed by atoms with Gasteiger partial charge in [-0.2, -0.15) is 0 Å². The molecule has 0 bridgehead atoms. The lowest BCUT2D eigenvalue weighted by Crippen LogP contribution is -2.47. The highest BCUT2D eigenvalue weighted by atomic mass is 16.6. The van der Waals surface area contributed by atoms with Gasteiger partial charge in [-0.25, -0.2) is 0 Å². The number of aliphatic hydroxyl groups excluding tert-OH is 1. The van der Waals surface area contributed by atoms with Gasteiger partial charge >= 0.3 is 5.97 Å². The highest BCUT2D eigenvalue weighted by Crippen LogP contribution is 2.42. The fraction of sp³-hybridized carbons (Fsp3) is 0.875. The minimum atomic E-state index is -1.04. The van der Waals surface area contributed by atoms with Crippen molar-refractivity contribution < 1.29 is 24.2 Å². The Morgan fingerprint density at radius 3 is 2.05 bits per heavy atom. The Morgan fingerprint density at radius 1 is 1.14 bits per heavy atom. The minimum absolute atomic E-state index is 0.00154. The van der Waals surface area contributed by atoms with Crippen LogP contribution in [0.15, 0.2) is 0 Å². The van der Waals surface area contributed by atoms with E-state index in [0.29, 0.717) is 6.42 Å². The summed E-state index contributed by atoms with van der Waals surface area (Å²) in [6.45, 7) is 14.3. The summed E-state index contributed by atoms with van der Waals surface area (Å²) in [6.07, 6.45) is -0.527. The Morgan fingerprint density at radius 2 is 1.67 bits per heavy atom. The van der Waals surface area contributed by atoms with E-state index in [2.05, 4.69) is 25.5 Å². The summed E-state index contributed by atoms with van der Waals surface area (Å²) in [7, 11) is 0. The topological polar surface area (TPSA) is 72.8 Å². The fourth-order valence-electron chi connectivity index (χ4n) is 2.16. The highest BCUT2D eigenvalue weighted by Gasteiger charge is 2.43. The van der Waals surface area contributed by atoms with E-state index in [0.717, 1.165) is 0 Å². The Hall–Kier alpha value is -1.10. The quantitative estimate of drug-likeness (QED) is 0.578. The molecule has 5 heteroatoms. The maximum atomic E-state index is 12.0. The number of ether oxygens (including phenoxy) is 2. The van der Waals surface area contributed by atoms with E-state index in [9.17, 15) is 14.7 Å². The highest BCUT2D eigenvalue weighted by molar-refractivity contribution is 5.70. The van der Waals surface area contributed by atoms with Crippen molar-refractivity contribution in [2.45, 2.75) is 73.0 Å². The first-order valence-corrected chi connectivity index (χ1v) is 7.26. The van der Waals surface area contributed by atoms with Gasteiger partial charge in [-0.15, -0.1) is 0 Å². The zero-order chi connectivity index (χ0) is 16.9. The second kappa shape index (κ2) is 7.25. The third-order valence-corrected chi connectivity index (χ3v) is 3.55. The lowest BCUT2D eigenvalue weighted by atomic mass is 9.69. The molecule has 0 saturated carbocycles. The van der Waals surface area contributed by atoms with E-state index in [4.69, 9.17) is 4.74 Å². The van der Waals surface area contributed by atoms with Crippen molar-refractivity contribution in [3.05, 3.63) is 0 Å². The van der Waals surface area contributed by atoms with Crippen LogP contribution in [0.3, 0.4) is 0 Å². The van der Waals surface area contributed by atoms with Gasteiger partial charge in [-0.05, 0) is 18.8 Å². The number of rotatable bonds is 7. The molecule has 0 aromatic heterocycles. The summed E-state index contributed by atoms with van der Waals surface area (Å²) in [6, 6.07) is 0. The molecule has 2 atom stereocenters. The zero-order valence-electron chi connectivity index (χ0n) is 14.4. The van der Waals surface area contributed by atoms with Crippen LogP contribution < -0.4 is 0 Å². The minimum Gasteiger partial charge on any atom is -0.465 e. The zero-order valence-corrected chi connectivity index (χ0v) is 14.4. The van der Waals surface area contributed by atoms with Crippen LogP contribution in [-0.2, 0) is 19.1 Å². The third kappa shape index (κ3) is 7.46. The average Bonchev–Trinajstić information content (AvgIpc) is 2.21. The number of carbonyl (C=O) groups is 2. The first-order chi connectivity index (χ1) is 9.31. The van der Waals surface area contributed by atoms with Crippen molar-refractivity contribution in [1.82, 2.24) is 0 Å². The Labute approximate surface area is 128 Å². The predicted octanol–water partition coefficient (Wildman–Crippen LogP) is 2.69. The van der Waals surface area contributed by atoms with E-state index < -0.39 is 17.7 Å². The van der Waals surface area contributed by atoms with Crippen LogP contribution >= 0.6 is 0 Å². The van der Waals surface area contributed by atoms with Crippen LogP contribution in [0.4, 0.5) is 0 Å². The maximum Gasteiger partial charge on any atom is 0.309 e. The van der Waals surface area contributed by atoms with E-state index in [1.165, 1.54) is 0 Å². The van der Waals surface area contributed by atoms with E-state index in [-0.39, 0.29) is 30.3 Å². The van der Waals surface area contributed by atoms with Crippen LogP contribution in [0.5, 0.6) is 0 Å². The largest absolute Gasteiger partial charge is 0.465 e. The molecule has 0 heterocycles. The molecule has 2 unspecified atom stereocenters. The summed E-state index contributed by atoms with van der Waals surface area (Å²) in [4.78, 5) is 22.1. The average molecular weight is 302 g/mol. The molecule has 0 spiro atoms. The van der Waals surface area contributed by atoms with Crippen molar-refractivity contribution in [2.75, 3.05) is 6.61 Å². The van der Waals surface area contributed by atoms with E-state index >= 15 is 0 Å². The first kappa shape index (κ1) is 19.9.